The molecule has 0 bridgehead atoms. The fraction of sp³-hybridized carbons (Fsp3) is 0.333. The fourth-order valence-corrected chi connectivity index (χ4v) is 4.03. The highest BCUT2D eigenvalue weighted by Gasteiger charge is 2.28. The number of rotatable bonds is 4. The molecule has 0 radical (unpaired) electrons. The van der Waals surface area contributed by atoms with Gasteiger partial charge >= 0.3 is 0 Å². The molecule has 0 fully saturated rings. The van der Waals surface area contributed by atoms with Gasteiger partial charge in [-0.3, -0.25) is 0 Å². The van der Waals surface area contributed by atoms with Crippen LogP contribution >= 0.6 is 0 Å². The Balaban J connectivity index is 1.75. The van der Waals surface area contributed by atoms with Crippen molar-refractivity contribution in [3.8, 4) is 0 Å². The highest BCUT2D eigenvalue weighted by atomic mass is 15.4. The van der Waals surface area contributed by atoms with E-state index < -0.39 is 0 Å². The van der Waals surface area contributed by atoms with Gasteiger partial charge < -0.3 is 9.80 Å². The number of hydrogen-bond acceptors (Lipinski definition) is 2. The zero-order valence-corrected chi connectivity index (χ0v) is 18.5. The summed E-state index contributed by atoms with van der Waals surface area (Å²) in [5.41, 5.74) is 10.5. The molecule has 0 unspecified atom stereocenters. The van der Waals surface area contributed by atoms with Gasteiger partial charge in [-0.1, -0.05) is 52.0 Å². The van der Waals surface area contributed by atoms with Gasteiger partial charge in [0.2, 0.25) is 0 Å². The average Bonchev–Trinajstić information content (AvgIpc) is 3.06. The molecule has 1 aliphatic heterocycles. The van der Waals surface area contributed by atoms with E-state index in [-0.39, 0.29) is 0 Å². The number of fused-ring (bicyclic) bond motifs is 1. The van der Waals surface area contributed by atoms with Gasteiger partial charge in [-0.2, -0.15) is 0 Å². The van der Waals surface area contributed by atoms with Crippen LogP contribution in [0.25, 0.3) is 0 Å². The molecule has 2 heteroatoms. The molecule has 29 heavy (non-hydrogen) atoms. The van der Waals surface area contributed by atoms with E-state index in [1.54, 1.807) is 0 Å². The highest BCUT2D eigenvalue weighted by Crippen LogP contribution is 2.45. The molecule has 1 aliphatic rings. The number of benzene rings is 3. The number of aryl methyl sites for hydroxylation is 2. The van der Waals surface area contributed by atoms with Crippen LogP contribution in [0.15, 0.2) is 60.7 Å². The molecule has 3 aromatic carbocycles. The Labute approximate surface area is 175 Å². The van der Waals surface area contributed by atoms with Crippen molar-refractivity contribution in [1.82, 2.24) is 0 Å². The maximum absolute atomic E-state index is 2.43. The predicted octanol–water partition coefficient (Wildman–Crippen LogP) is 7.80. The molecule has 4 rings (SSSR count). The van der Waals surface area contributed by atoms with Gasteiger partial charge in [0.25, 0.3) is 0 Å². The van der Waals surface area contributed by atoms with Gasteiger partial charge in [-0.25, -0.2) is 0 Å². The molecule has 0 aliphatic carbocycles. The third-order valence-corrected chi connectivity index (χ3v) is 6.20. The normalized spacial score (nSPS) is 13.5. The van der Waals surface area contributed by atoms with Crippen molar-refractivity contribution >= 4 is 22.7 Å². The lowest BCUT2D eigenvalue weighted by atomic mass is 10.0. The summed E-state index contributed by atoms with van der Waals surface area (Å²) in [6.07, 6.45) is 0. The molecule has 0 saturated carbocycles. The first kappa shape index (κ1) is 19.6. The van der Waals surface area contributed by atoms with Gasteiger partial charge in [-0.15, -0.1) is 0 Å². The van der Waals surface area contributed by atoms with Crippen LogP contribution in [0.5, 0.6) is 0 Å². The Kier molecular flexibility index (Phi) is 5.12. The van der Waals surface area contributed by atoms with Gasteiger partial charge in [0.05, 0.1) is 11.4 Å². The molecule has 0 aromatic heterocycles. The molecule has 0 amide bonds. The summed E-state index contributed by atoms with van der Waals surface area (Å²) in [7, 11) is 0. The highest BCUT2D eigenvalue weighted by molar-refractivity contribution is 5.87. The average molecular weight is 385 g/mol. The van der Waals surface area contributed by atoms with Crippen molar-refractivity contribution in [1.29, 1.82) is 0 Å². The fourth-order valence-electron chi connectivity index (χ4n) is 4.03. The SMILES string of the molecule is Cc1cc2c(cc1C)N(c1ccc(C(C)C)cc1)CN2c1ccc(C(C)C)cc1. The Bertz CT molecular complexity index is 915. The molecule has 3 aromatic rings. The van der Waals surface area contributed by atoms with E-state index in [1.165, 1.54) is 45.0 Å². The van der Waals surface area contributed by atoms with E-state index in [1.807, 2.05) is 0 Å². The van der Waals surface area contributed by atoms with E-state index in [4.69, 9.17) is 0 Å². The summed E-state index contributed by atoms with van der Waals surface area (Å²) in [4.78, 5) is 4.87. The van der Waals surface area contributed by atoms with Crippen molar-refractivity contribution < 1.29 is 0 Å². The van der Waals surface area contributed by atoms with Gasteiger partial charge in [0.15, 0.2) is 0 Å². The van der Waals surface area contributed by atoms with Crippen molar-refractivity contribution in [3.05, 3.63) is 82.9 Å². The van der Waals surface area contributed by atoms with Crippen LogP contribution in [-0.4, -0.2) is 6.67 Å². The Morgan fingerprint density at radius 3 is 1.24 bits per heavy atom. The van der Waals surface area contributed by atoms with Crippen LogP contribution in [-0.2, 0) is 0 Å². The minimum Gasteiger partial charge on any atom is -0.321 e. The smallest absolute Gasteiger partial charge is 0.100 e. The number of hydrogen-bond donors (Lipinski definition) is 0. The van der Waals surface area contributed by atoms with E-state index in [2.05, 4.69) is 112 Å². The summed E-state index contributed by atoms with van der Waals surface area (Å²) < 4.78 is 0. The van der Waals surface area contributed by atoms with Crippen LogP contribution in [0.2, 0.25) is 0 Å². The second kappa shape index (κ2) is 7.59. The van der Waals surface area contributed by atoms with Gasteiger partial charge in [0, 0.05) is 11.4 Å². The molecule has 0 N–H and O–H groups in total. The standard InChI is InChI=1S/C27H32N2/c1-18(2)22-7-11-24(12-8-22)28-17-29(25-13-9-23(10-14-25)19(3)4)27-16-21(6)20(5)15-26(27)28/h7-16,18-19H,17H2,1-6H3. The zero-order chi connectivity index (χ0) is 20.7. The van der Waals surface area contributed by atoms with Crippen LogP contribution in [0.4, 0.5) is 22.7 Å². The second-order valence-electron chi connectivity index (χ2n) is 8.92. The van der Waals surface area contributed by atoms with Crippen LogP contribution in [0, 0.1) is 13.8 Å². The first-order chi connectivity index (χ1) is 13.8. The monoisotopic (exact) mass is 384 g/mol. The van der Waals surface area contributed by atoms with Crippen molar-refractivity contribution in [2.75, 3.05) is 16.5 Å². The Hall–Kier alpha value is -2.74. The molecule has 1 heterocycles. The zero-order valence-electron chi connectivity index (χ0n) is 18.5. The summed E-state index contributed by atoms with van der Waals surface area (Å²) in [5, 5.41) is 0. The summed E-state index contributed by atoms with van der Waals surface area (Å²) in [6.45, 7) is 14.2. The molecular formula is C27H32N2. The van der Waals surface area contributed by atoms with Crippen LogP contribution in [0.1, 0.15) is 61.8 Å². The van der Waals surface area contributed by atoms with E-state index in [0.29, 0.717) is 11.8 Å². The lowest BCUT2D eigenvalue weighted by Gasteiger charge is -2.23. The first-order valence-electron chi connectivity index (χ1n) is 10.7. The Morgan fingerprint density at radius 1 is 0.586 bits per heavy atom. The van der Waals surface area contributed by atoms with Crippen molar-refractivity contribution in [2.24, 2.45) is 0 Å². The van der Waals surface area contributed by atoms with Crippen molar-refractivity contribution in [2.45, 2.75) is 53.4 Å². The summed E-state index contributed by atoms with van der Waals surface area (Å²) in [5.74, 6) is 1.10. The predicted molar refractivity (Wildman–Crippen MR) is 126 cm³/mol. The molecular weight excluding hydrogens is 352 g/mol. The molecule has 0 atom stereocenters. The molecule has 0 saturated heterocycles. The minimum absolute atomic E-state index is 0.552. The first-order valence-corrected chi connectivity index (χ1v) is 10.7. The molecule has 150 valence electrons. The van der Waals surface area contributed by atoms with Gasteiger partial charge in [0.1, 0.15) is 6.67 Å². The molecule has 0 spiro atoms. The van der Waals surface area contributed by atoms with E-state index >= 15 is 0 Å². The van der Waals surface area contributed by atoms with Crippen LogP contribution in [0.3, 0.4) is 0 Å². The van der Waals surface area contributed by atoms with E-state index in [0.717, 1.165) is 6.67 Å². The summed E-state index contributed by atoms with van der Waals surface area (Å²) in [6, 6.07) is 22.8. The second-order valence-corrected chi connectivity index (χ2v) is 8.92. The lowest BCUT2D eigenvalue weighted by molar-refractivity contribution is 0.865. The maximum Gasteiger partial charge on any atom is 0.100 e. The topological polar surface area (TPSA) is 6.48 Å². The van der Waals surface area contributed by atoms with Crippen molar-refractivity contribution in [3.63, 3.8) is 0 Å². The maximum atomic E-state index is 2.43. The third kappa shape index (κ3) is 3.64. The summed E-state index contributed by atoms with van der Waals surface area (Å²) >= 11 is 0. The lowest BCUT2D eigenvalue weighted by Crippen LogP contribution is -2.23. The molecule has 2 nitrogen and oxygen atoms in total. The van der Waals surface area contributed by atoms with Crippen LogP contribution < -0.4 is 9.80 Å². The van der Waals surface area contributed by atoms with Gasteiger partial charge in [-0.05, 0) is 84.3 Å². The minimum atomic E-state index is 0.552. The largest absolute Gasteiger partial charge is 0.321 e. The van der Waals surface area contributed by atoms with E-state index in [9.17, 15) is 0 Å². The Morgan fingerprint density at radius 2 is 0.931 bits per heavy atom. The number of anilines is 4. The number of nitrogens with zero attached hydrogens (tertiary/aromatic N) is 2. The third-order valence-electron chi connectivity index (χ3n) is 6.20. The quantitative estimate of drug-likeness (QED) is 0.453.